The molecule has 2 aliphatic rings. The smallest absolute Gasteiger partial charge is 0.253 e. The lowest BCUT2D eigenvalue weighted by atomic mass is 10.1. The zero-order chi connectivity index (χ0) is 17.2. The fourth-order valence-corrected chi connectivity index (χ4v) is 3.72. The van der Waals surface area contributed by atoms with E-state index in [9.17, 15) is 4.79 Å². The van der Waals surface area contributed by atoms with Crippen LogP contribution in [0.2, 0.25) is 0 Å². The van der Waals surface area contributed by atoms with Gasteiger partial charge in [-0.3, -0.25) is 14.8 Å². The van der Waals surface area contributed by atoms with Crippen LogP contribution in [0.25, 0.3) is 11.4 Å². The lowest BCUT2D eigenvalue weighted by molar-refractivity contribution is 0.0773. The monoisotopic (exact) mass is 340 g/mol. The molecule has 2 saturated heterocycles. The normalized spacial score (nSPS) is 21.6. The van der Waals surface area contributed by atoms with E-state index in [0.717, 1.165) is 57.1 Å². The lowest BCUT2D eigenvalue weighted by Crippen LogP contribution is -2.49. The number of H-pyrrole nitrogens is 1. The van der Waals surface area contributed by atoms with Gasteiger partial charge in [0.25, 0.3) is 5.91 Å². The summed E-state index contributed by atoms with van der Waals surface area (Å²) >= 11 is 0. The fraction of sp³-hybridized carbons (Fsp3) is 0.500. The predicted octanol–water partition coefficient (Wildman–Crippen LogP) is 0.900. The molecule has 2 aromatic rings. The number of benzene rings is 1. The topological polar surface area (TPSA) is 77.2 Å². The highest BCUT2D eigenvalue weighted by atomic mass is 16.2. The fourth-order valence-electron chi connectivity index (χ4n) is 3.72. The molecule has 1 unspecified atom stereocenters. The first-order chi connectivity index (χ1) is 12.2. The van der Waals surface area contributed by atoms with Crippen LogP contribution in [0, 0.1) is 6.92 Å². The maximum atomic E-state index is 12.9. The Morgan fingerprint density at radius 2 is 2.08 bits per heavy atom. The lowest BCUT2D eigenvalue weighted by Gasteiger charge is -2.32. The van der Waals surface area contributed by atoms with E-state index in [1.165, 1.54) is 0 Å². The molecule has 0 bridgehead atoms. The first kappa shape index (κ1) is 16.2. The van der Waals surface area contributed by atoms with E-state index < -0.39 is 0 Å². The summed E-state index contributed by atoms with van der Waals surface area (Å²) in [5.41, 5.74) is 1.58. The molecule has 0 saturated carbocycles. The SMILES string of the molecule is Cc1nc(-c2cccc(C(=O)N3CCC(N4CCNCC4)C3)c2)n[nH]1. The van der Waals surface area contributed by atoms with E-state index in [1.54, 1.807) is 0 Å². The quantitative estimate of drug-likeness (QED) is 0.868. The number of hydrogen-bond donors (Lipinski definition) is 2. The number of hydrogen-bond acceptors (Lipinski definition) is 5. The maximum Gasteiger partial charge on any atom is 0.253 e. The number of rotatable bonds is 3. The Morgan fingerprint density at radius 3 is 2.84 bits per heavy atom. The molecule has 1 aromatic heterocycles. The summed E-state index contributed by atoms with van der Waals surface area (Å²) in [5, 5.41) is 10.4. The Kier molecular flexibility index (Phi) is 4.50. The summed E-state index contributed by atoms with van der Waals surface area (Å²) in [7, 11) is 0. The number of nitrogens with one attached hydrogen (secondary N) is 2. The number of nitrogens with zero attached hydrogens (tertiary/aromatic N) is 4. The average molecular weight is 340 g/mol. The van der Waals surface area contributed by atoms with E-state index in [0.29, 0.717) is 17.4 Å². The second kappa shape index (κ2) is 6.93. The molecule has 4 rings (SSSR count). The number of amides is 1. The van der Waals surface area contributed by atoms with Crippen LogP contribution in [0.15, 0.2) is 24.3 Å². The predicted molar refractivity (Wildman–Crippen MR) is 95.3 cm³/mol. The molecule has 0 spiro atoms. The molecule has 2 fully saturated rings. The number of likely N-dealkylation sites (tertiary alicyclic amines) is 1. The van der Waals surface area contributed by atoms with Gasteiger partial charge in [-0.05, 0) is 25.5 Å². The van der Waals surface area contributed by atoms with Gasteiger partial charge >= 0.3 is 0 Å². The van der Waals surface area contributed by atoms with Crippen molar-refractivity contribution >= 4 is 5.91 Å². The molecule has 1 atom stereocenters. The third kappa shape index (κ3) is 3.43. The molecule has 1 amide bonds. The highest BCUT2D eigenvalue weighted by Gasteiger charge is 2.31. The van der Waals surface area contributed by atoms with Crippen molar-refractivity contribution in [1.82, 2.24) is 30.3 Å². The molecule has 2 N–H and O–H groups in total. The van der Waals surface area contributed by atoms with Gasteiger partial charge in [-0.15, -0.1) is 0 Å². The molecule has 2 aliphatic heterocycles. The average Bonchev–Trinajstić information content (AvgIpc) is 3.31. The standard InChI is InChI=1S/C18H24N6O/c1-13-20-17(22-21-13)14-3-2-4-15(11-14)18(25)24-8-5-16(12-24)23-9-6-19-7-10-23/h2-4,11,16,19H,5-10,12H2,1H3,(H,20,21,22). The summed E-state index contributed by atoms with van der Waals surface area (Å²) in [4.78, 5) is 21.8. The number of aromatic amines is 1. The van der Waals surface area contributed by atoms with Crippen molar-refractivity contribution in [2.45, 2.75) is 19.4 Å². The number of aromatic nitrogens is 3. The zero-order valence-electron chi connectivity index (χ0n) is 14.5. The first-order valence-electron chi connectivity index (χ1n) is 8.94. The van der Waals surface area contributed by atoms with Gasteiger partial charge in [0.15, 0.2) is 5.82 Å². The molecular weight excluding hydrogens is 316 g/mol. The third-order valence-electron chi connectivity index (χ3n) is 5.08. The molecule has 0 aliphatic carbocycles. The van der Waals surface area contributed by atoms with Crippen LogP contribution < -0.4 is 5.32 Å². The van der Waals surface area contributed by atoms with Crippen molar-refractivity contribution in [3.05, 3.63) is 35.7 Å². The molecule has 1 aromatic carbocycles. The summed E-state index contributed by atoms with van der Waals surface area (Å²) in [6.07, 6.45) is 1.06. The number of aryl methyl sites for hydroxylation is 1. The van der Waals surface area contributed by atoms with Crippen LogP contribution in [0.3, 0.4) is 0 Å². The van der Waals surface area contributed by atoms with Gasteiger partial charge in [-0.2, -0.15) is 5.10 Å². The Morgan fingerprint density at radius 1 is 1.24 bits per heavy atom. The van der Waals surface area contributed by atoms with Crippen molar-refractivity contribution in [2.24, 2.45) is 0 Å². The number of piperazine rings is 1. The van der Waals surface area contributed by atoms with Gasteiger partial charge in [-0.1, -0.05) is 12.1 Å². The van der Waals surface area contributed by atoms with Crippen LogP contribution in [0.4, 0.5) is 0 Å². The molecule has 7 heteroatoms. The Bertz CT molecular complexity index is 752. The summed E-state index contributed by atoms with van der Waals surface area (Å²) in [6.45, 7) is 7.76. The minimum Gasteiger partial charge on any atom is -0.337 e. The van der Waals surface area contributed by atoms with Gasteiger partial charge < -0.3 is 10.2 Å². The van der Waals surface area contributed by atoms with Gasteiger partial charge in [-0.25, -0.2) is 4.98 Å². The Balaban J connectivity index is 1.46. The first-order valence-corrected chi connectivity index (χ1v) is 8.94. The summed E-state index contributed by atoms with van der Waals surface area (Å²) < 4.78 is 0. The van der Waals surface area contributed by atoms with Crippen LogP contribution in [0.5, 0.6) is 0 Å². The minimum atomic E-state index is 0.103. The van der Waals surface area contributed by atoms with Crippen molar-refractivity contribution in [2.75, 3.05) is 39.3 Å². The van der Waals surface area contributed by atoms with Gasteiger partial charge in [0, 0.05) is 56.4 Å². The number of carbonyl (C=O) groups is 1. The van der Waals surface area contributed by atoms with Gasteiger partial charge in [0.05, 0.1) is 0 Å². The van der Waals surface area contributed by atoms with E-state index in [4.69, 9.17) is 0 Å². The van der Waals surface area contributed by atoms with Gasteiger partial charge in [0.2, 0.25) is 0 Å². The molecule has 0 radical (unpaired) electrons. The third-order valence-corrected chi connectivity index (χ3v) is 5.08. The highest BCUT2D eigenvalue weighted by molar-refractivity contribution is 5.95. The van der Waals surface area contributed by atoms with Crippen LogP contribution in [-0.4, -0.2) is 76.2 Å². The van der Waals surface area contributed by atoms with Crippen molar-refractivity contribution in [3.8, 4) is 11.4 Å². The van der Waals surface area contributed by atoms with Crippen molar-refractivity contribution in [3.63, 3.8) is 0 Å². The van der Waals surface area contributed by atoms with Crippen LogP contribution >= 0.6 is 0 Å². The molecule has 3 heterocycles. The number of carbonyl (C=O) groups excluding carboxylic acids is 1. The molecule has 25 heavy (non-hydrogen) atoms. The summed E-state index contributed by atoms with van der Waals surface area (Å²) in [5.74, 6) is 1.50. The summed E-state index contributed by atoms with van der Waals surface area (Å²) in [6, 6.07) is 8.10. The maximum absolute atomic E-state index is 12.9. The van der Waals surface area contributed by atoms with Crippen molar-refractivity contribution < 1.29 is 4.79 Å². The van der Waals surface area contributed by atoms with Crippen molar-refractivity contribution in [1.29, 1.82) is 0 Å². The van der Waals surface area contributed by atoms with E-state index in [2.05, 4.69) is 25.4 Å². The van der Waals surface area contributed by atoms with E-state index in [-0.39, 0.29) is 5.91 Å². The van der Waals surface area contributed by atoms with E-state index in [1.807, 2.05) is 36.1 Å². The molecule has 132 valence electrons. The van der Waals surface area contributed by atoms with E-state index >= 15 is 0 Å². The second-order valence-electron chi connectivity index (χ2n) is 6.80. The molecule has 7 nitrogen and oxygen atoms in total. The van der Waals surface area contributed by atoms with Crippen LogP contribution in [0.1, 0.15) is 22.6 Å². The second-order valence-corrected chi connectivity index (χ2v) is 6.80. The highest BCUT2D eigenvalue weighted by Crippen LogP contribution is 2.21. The largest absolute Gasteiger partial charge is 0.337 e. The van der Waals surface area contributed by atoms with Crippen LogP contribution in [-0.2, 0) is 0 Å². The Labute approximate surface area is 147 Å². The van der Waals surface area contributed by atoms with Gasteiger partial charge in [0.1, 0.15) is 5.82 Å². The minimum absolute atomic E-state index is 0.103. The Hall–Kier alpha value is -2.25. The molecular formula is C18H24N6O. The zero-order valence-corrected chi connectivity index (χ0v) is 14.5.